The number of carbonyl (C=O) groups excluding carboxylic acids is 1. The molecule has 92 valence electrons. The van der Waals surface area contributed by atoms with Crippen molar-refractivity contribution >= 4 is 17.5 Å². The van der Waals surface area contributed by atoms with Crippen LogP contribution >= 0.6 is 11.6 Å². The third-order valence-corrected chi connectivity index (χ3v) is 3.49. The van der Waals surface area contributed by atoms with Gasteiger partial charge >= 0.3 is 0 Å². The summed E-state index contributed by atoms with van der Waals surface area (Å²) in [6.07, 6.45) is 4.04. The van der Waals surface area contributed by atoms with E-state index >= 15 is 0 Å². The summed E-state index contributed by atoms with van der Waals surface area (Å²) in [5.41, 5.74) is 2.08. The number of halogens is 1. The number of carbonyl (C=O) groups is 1. The topological polar surface area (TPSA) is 20.3 Å². The number of benzene rings is 1. The minimum absolute atomic E-state index is 0.188. The van der Waals surface area contributed by atoms with Gasteiger partial charge in [0.1, 0.15) is 0 Å². The zero-order valence-electron chi connectivity index (χ0n) is 9.99. The van der Waals surface area contributed by atoms with E-state index in [2.05, 4.69) is 6.07 Å². The van der Waals surface area contributed by atoms with Gasteiger partial charge in [0.25, 0.3) is 5.91 Å². The number of hydrogen-bond acceptors (Lipinski definition) is 1. The maximum atomic E-state index is 12.3. The van der Waals surface area contributed by atoms with Gasteiger partial charge in [0.15, 0.2) is 0 Å². The van der Waals surface area contributed by atoms with Gasteiger partial charge in [-0.2, -0.15) is 0 Å². The number of hydrogen-bond donors (Lipinski definition) is 0. The van der Waals surface area contributed by atoms with E-state index in [1.807, 2.05) is 23.1 Å². The molecule has 17 heavy (non-hydrogen) atoms. The highest BCUT2D eigenvalue weighted by Crippen LogP contribution is 2.18. The highest BCUT2D eigenvalue weighted by molar-refractivity contribution is 6.17. The molecule has 0 bridgehead atoms. The summed E-state index contributed by atoms with van der Waals surface area (Å²) in [6.45, 7) is 1.70. The second-order valence-electron chi connectivity index (χ2n) is 4.45. The molecule has 0 unspecified atom stereocenters. The summed E-state index contributed by atoms with van der Waals surface area (Å²) in [4.78, 5) is 14.3. The van der Waals surface area contributed by atoms with Crippen LogP contribution in [0.4, 0.5) is 0 Å². The lowest BCUT2D eigenvalue weighted by Gasteiger charge is -2.20. The van der Waals surface area contributed by atoms with Crippen molar-refractivity contribution in [2.75, 3.05) is 19.0 Å². The fourth-order valence-corrected chi connectivity index (χ4v) is 2.48. The molecule has 0 fully saturated rings. The van der Waals surface area contributed by atoms with Gasteiger partial charge in [-0.05, 0) is 37.3 Å². The van der Waals surface area contributed by atoms with Crippen molar-refractivity contribution in [2.45, 2.75) is 25.7 Å². The molecule has 1 aliphatic rings. The summed E-state index contributed by atoms with van der Waals surface area (Å²) in [5.74, 6) is 0.867. The molecule has 0 saturated heterocycles. The quantitative estimate of drug-likeness (QED) is 0.595. The van der Waals surface area contributed by atoms with Crippen molar-refractivity contribution < 1.29 is 4.79 Å². The summed E-state index contributed by atoms with van der Waals surface area (Å²) in [5, 5.41) is 0. The maximum Gasteiger partial charge on any atom is 0.254 e. The van der Waals surface area contributed by atoms with Crippen LogP contribution in [0.3, 0.4) is 0 Å². The molecule has 0 aromatic heterocycles. The first-order chi connectivity index (χ1) is 8.33. The van der Waals surface area contributed by atoms with Gasteiger partial charge < -0.3 is 4.90 Å². The molecule has 1 aliphatic heterocycles. The first-order valence-corrected chi connectivity index (χ1v) is 6.79. The van der Waals surface area contributed by atoms with Crippen molar-refractivity contribution in [3.8, 4) is 0 Å². The van der Waals surface area contributed by atoms with E-state index in [-0.39, 0.29) is 5.91 Å². The number of fused-ring (bicyclic) bond motifs is 1. The van der Waals surface area contributed by atoms with Crippen LogP contribution in [0.1, 0.15) is 35.2 Å². The van der Waals surface area contributed by atoms with Gasteiger partial charge in [0.2, 0.25) is 0 Å². The molecule has 1 amide bonds. The number of unbranched alkanes of at least 4 members (excludes halogenated alkanes) is 1. The fourth-order valence-electron chi connectivity index (χ4n) is 2.29. The van der Waals surface area contributed by atoms with Gasteiger partial charge in [-0.25, -0.2) is 0 Å². The van der Waals surface area contributed by atoms with Crippen LogP contribution in [0, 0.1) is 0 Å². The Kier molecular flexibility index (Phi) is 4.43. The van der Waals surface area contributed by atoms with E-state index in [9.17, 15) is 4.79 Å². The van der Waals surface area contributed by atoms with E-state index in [4.69, 9.17) is 11.6 Å². The van der Waals surface area contributed by atoms with Gasteiger partial charge in [0.05, 0.1) is 0 Å². The summed E-state index contributed by atoms with van der Waals surface area (Å²) >= 11 is 5.67. The zero-order chi connectivity index (χ0) is 12.1. The summed E-state index contributed by atoms with van der Waals surface area (Å²) in [7, 11) is 0. The smallest absolute Gasteiger partial charge is 0.254 e. The monoisotopic (exact) mass is 251 g/mol. The molecule has 0 spiro atoms. The molecule has 1 aromatic rings. The molecule has 0 aliphatic carbocycles. The zero-order valence-corrected chi connectivity index (χ0v) is 10.7. The Hall–Kier alpha value is -1.02. The van der Waals surface area contributed by atoms with Crippen molar-refractivity contribution in [3.05, 3.63) is 35.4 Å². The molecule has 2 rings (SSSR count). The Morgan fingerprint density at radius 3 is 2.88 bits per heavy atom. The highest BCUT2D eigenvalue weighted by atomic mass is 35.5. The number of alkyl halides is 1. The van der Waals surface area contributed by atoms with Crippen LogP contribution in [-0.2, 0) is 6.42 Å². The molecule has 2 nitrogen and oxygen atoms in total. The first kappa shape index (κ1) is 12.4. The Balaban J connectivity index is 2.09. The summed E-state index contributed by atoms with van der Waals surface area (Å²) < 4.78 is 0. The molecule has 0 atom stereocenters. The van der Waals surface area contributed by atoms with Crippen LogP contribution in [0.2, 0.25) is 0 Å². The number of rotatable bonds is 4. The van der Waals surface area contributed by atoms with Gasteiger partial charge in [-0.15, -0.1) is 11.6 Å². The maximum absolute atomic E-state index is 12.3. The number of aryl methyl sites for hydroxylation is 1. The lowest BCUT2D eigenvalue weighted by molar-refractivity contribution is 0.0759. The molecule has 0 N–H and O–H groups in total. The summed E-state index contributed by atoms with van der Waals surface area (Å²) in [6, 6.07) is 7.96. The largest absolute Gasteiger partial charge is 0.339 e. The van der Waals surface area contributed by atoms with E-state index in [1.165, 1.54) is 5.56 Å². The van der Waals surface area contributed by atoms with Crippen LogP contribution in [0.25, 0.3) is 0 Å². The van der Waals surface area contributed by atoms with Crippen molar-refractivity contribution in [3.63, 3.8) is 0 Å². The normalized spacial score (nSPS) is 15.6. The molecular formula is C14H18ClNO. The van der Waals surface area contributed by atoms with Gasteiger partial charge in [0, 0.05) is 24.5 Å². The van der Waals surface area contributed by atoms with Crippen molar-refractivity contribution in [2.24, 2.45) is 0 Å². The first-order valence-electron chi connectivity index (χ1n) is 6.26. The Morgan fingerprint density at radius 2 is 2.06 bits per heavy atom. The fraction of sp³-hybridized carbons (Fsp3) is 0.500. The van der Waals surface area contributed by atoms with Crippen LogP contribution in [0.5, 0.6) is 0 Å². The predicted octanol–water partition coefficient (Wildman–Crippen LogP) is 3.09. The number of nitrogens with zero attached hydrogens (tertiary/aromatic N) is 1. The highest BCUT2D eigenvalue weighted by Gasteiger charge is 2.21. The molecule has 1 heterocycles. The minimum atomic E-state index is 0.188. The average molecular weight is 252 g/mol. The Morgan fingerprint density at radius 1 is 1.24 bits per heavy atom. The van der Waals surface area contributed by atoms with Crippen LogP contribution < -0.4 is 0 Å². The standard InChI is InChI=1S/C14H18ClNO/c15-9-3-4-10-16-11-5-7-12-6-1-2-8-13(12)14(16)17/h1-2,6,8H,3-5,7,9-11H2. The molecule has 0 saturated carbocycles. The Labute approximate surface area is 108 Å². The third-order valence-electron chi connectivity index (χ3n) is 3.22. The van der Waals surface area contributed by atoms with E-state index in [1.54, 1.807) is 0 Å². The van der Waals surface area contributed by atoms with Crippen LogP contribution in [0.15, 0.2) is 24.3 Å². The van der Waals surface area contributed by atoms with Gasteiger partial charge in [-0.1, -0.05) is 18.2 Å². The molecular weight excluding hydrogens is 234 g/mol. The van der Waals surface area contributed by atoms with Gasteiger partial charge in [-0.3, -0.25) is 4.79 Å². The molecule has 0 radical (unpaired) electrons. The number of amides is 1. The molecule has 1 aromatic carbocycles. The second-order valence-corrected chi connectivity index (χ2v) is 4.83. The van der Waals surface area contributed by atoms with E-state index < -0.39 is 0 Å². The van der Waals surface area contributed by atoms with E-state index in [0.29, 0.717) is 5.88 Å². The van der Waals surface area contributed by atoms with Crippen LogP contribution in [-0.4, -0.2) is 29.8 Å². The van der Waals surface area contributed by atoms with Crippen molar-refractivity contribution in [1.29, 1.82) is 0 Å². The third kappa shape index (κ3) is 3.01. The average Bonchev–Trinajstić information content (AvgIpc) is 2.51. The molecule has 3 heteroatoms. The Bertz CT molecular complexity index is 392. The second kappa shape index (κ2) is 6.06. The minimum Gasteiger partial charge on any atom is -0.339 e. The van der Waals surface area contributed by atoms with Crippen molar-refractivity contribution in [1.82, 2.24) is 4.90 Å². The van der Waals surface area contributed by atoms with E-state index in [0.717, 1.165) is 44.3 Å². The lowest BCUT2D eigenvalue weighted by atomic mass is 10.0. The lowest BCUT2D eigenvalue weighted by Crippen LogP contribution is -2.31. The predicted molar refractivity (Wildman–Crippen MR) is 70.6 cm³/mol. The SMILES string of the molecule is O=C1c2ccccc2CCCN1CCCCCl.